The Hall–Kier alpha value is -1.96. The summed E-state index contributed by atoms with van der Waals surface area (Å²) in [6, 6.07) is 13.7. The number of hydrogen-bond acceptors (Lipinski definition) is 6. The van der Waals surface area contributed by atoms with Crippen molar-refractivity contribution < 1.29 is 48.9 Å². The summed E-state index contributed by atoms with van der Waals surface area (Å²) in [5.74, 6) is -0.655. The Bertz CT molecular complexity index is 1400. The number of nitrogens with zero attached hydrogens (tertiary/aromatic N) is 1. The van der Waals surface area contributed by atoms with E-state index in [2.05, 4.69) is 19.1 Å². The van der Waals surface area contributed by atoms with E-state index in [1.807, 2.05) is 31.2 Å². The van der Waals surface area contributed by atoms with Crippen LogP contribution in [0.5, 0.6) is 5.75 Å². The number of rotatable bonds is 4. The second-order valence-electron chi connectivity index (χ2n) is 9.17. The largest absolute Gasteiger partial charge is 1.00 e. The van der Waals surface area contributed by atoms with E-state index in [0.29, 0.717) is 22.3 Å². The van der Waals surface area contributed by atoms with E-state index in [0.717, 1.165) is 51.8 Å². The van der Waals surface area contributed by atoms with Crippen molar-refractivity contribution in [3.8, 4) is 16.3 Å². The number of carboxylic acid groups (broad SMARTS) is 1. The monoisotopic (exact) mass is 481 g/mol. The Labute approximate surface area is 224 Å². The van der Waals surface area contributed by atoms with Crippen LogP contribution in [0.25, 0.3) is 31.6 Å². The van der Waals surface area contributed by atoms with E-state index in [9.17, 15) is 9.90 Å². The summed E-state index contributed by atoms with van der Waals surface area (Å²) < 4.78 is 13.5. The fourth-order valence-electron chi connectivity index (χ4n) is 5.32. The van der Waals surface area contributed by atoms with E-state index in [-0.39, 0.29) is 53.4 Å². The third kappa shape index (κ3) is 4.06. The van der Waals surface area contributed by atoms with Crippen molar-refractivity contribution in [2.24, 2.45) is 0 Å². The molecule has 2 bridgehead atoms. The van der Waals surface area contributed by atoms with Gasteiger partial charge in [-0.05, 0) is 61.4 Å². The van der Waals surface area contributed by atoms with Crippen molar-refractivity contribution in [1.29, 1.82) is 0 Å². The van der Waals surface area contributed by atoms with Crippen LogP contribution in [0, 0.1) is 13.8 Å². The average Bonchev–Trinajstić information content (AvgIpc) is 3.33. The van der Waals surface area contributed by atoms with Crippen LogP contribution in [-0.4, -0.2) is 29.3 Å². The molecule has 2 fully saturated rings. The van der Waals surface area contributed by atoms with Gasteiger partial charge >= 0.3 is 29.6 Å². The molecule has 0 amide bonds. The van der Waals surface area contributed by atoms with E-state index in [1.54, 1.807) is 17.4 Å². The van der Waals surface area contributed by atoms with Gasteiger partial charge in [0.1, 0.15) is 11.9 Å². The van der Waals surface area contributed by atoms with Gasteiger partial charge in [0.2, 0.25) is 0 Å². The number of carbonyl (C=O) groups excluding carboxylic acids is 1. The number of aromatic carboxylic acids is 1. The second-order valence-corrected chi connectivity index (χ2v) is 10.2. The number of thiophene rings is 1. The van der Waals surface area contributed by atoms with Gasteiger partial charge in [0, 0.05) is 23.1 Å². The summed E-state index contributed by atoms with van der Waals surface area (Å²) in [4.78, 5) is 18.2. The molecule has 4 aromatic rings. The fraction of sp³-hybridized carbons (Fsp3) is 0.333. The summed E-state index contributed by atoms with van der Waals surface area (Å²) in [6.45, 7) is 4.01. The molecule has 168 valence electrons. The molecule has 7 heteroatoms. The second kappa shape index (κ2) is 9.25. The molecule has 4 heterocycles. The number of aryl methyl sites for hydroxylation is 2. The van der Waals surface area contributed by atoms with Gasteiger partial charge in [0.05, 0.1) is 39.7 Å². The summed E-state index contributed by atoms with van der Waals surface area (Å²) in [5, 5.41) is 14.0. The van der Waals surface area contributed by atoms with Crippen molar-refractivity contribution >= 4 is 38.3 Å². The number of fused-ring (bicyclic) bond motifs is 4. The van der Waals surface area contributed by atoms with Crippen LogP contribution in [0.4, 0.5) is 0 Å². The molecule has 2 aromatic heterocycles. The van der Waals surface area contributed by atoms with Crippen LogP contribution in [0.3, 0.4) is 0 Å². The summed E-state index contributed by atoms with van der Waals surface area (Å²) in [5.41, 5.74) is 3.45. The van der Waals surface area contributed by atoms with Gasteiger partial charge < -0.3 is 19.4 Å². The average molecular weight is 482 g/mol. The van der Waals surface area contributed by atoms with E-state index < -0.39 is 5.97 Å². The molecule has 2 aliphatic rings. The molecule has 0 radical (unpaired) electrons. The maximum absolute atomic E-state index is 12.3. The van der Waals surface area contributed by atoms with Crippen LogP contribution in [-0.2, 0) is 4.74 Å². The molecule has 2 aliphatic heterocycles. The normalized spacial score (nSPS) is 21.5. The molecule has 2 aromatic carbocycles. The van der Waals surface area contributed by atoms with Crippen LogP contribution >= 0.6 is 11.3 Å². The number of aromatic nitrogens is 1. The number of carboxylic acids is 1. The predicted molar refractivity (Wildman–Crippen MR) is 128 cm³/mol. The van der Waals surface area contributed by atoms with Crippen LogP contribution in [0.15, 0.2) is 42.5 Å². The number of carbonyl (C=O) groups is 1. The van der Waals surface area contributed by atoms with Crippen LogP contribution in [0.1, 0.15) is 47.2 Å². The molecule has 0 spiro atoms. The zero-order chi connectivity index (χ0) is 22.7. The molecule has 2 saturated heterocycles. The minimum atomic E-state index is -1.22. The van der Waals surface area contributed by atoms with Crippen molar-refractivity contribution in [2.45, 2.75) is 57.8 Å². The first-order valence-electron chi connectivity index (χ1n) is 11.4. The van der Waals surface area contributed by atoms with E-state index in [1.165, 1.54) is 0 Å². The molecule has 0 N–H and O–H groups in total. The summed E-state index contributed by atoms with van der Waals surface area (Å²) >= 11 is 1.63. The molecule has 0 aliphatic carbocycles. The Morgan fingerprint density at radius 2 is 1.85 bits per heavy atom. The summed E-state index contributed by atoms with van der Waals surface area (Å²) in [7, 11) is 0. The quantitative estimate of drug-likeness (QED) is 0.418. The number of ether oxygens (including phenoxy) is 2. The molecule has 5 nitrogen and oxygen atoms in total. The third-order valence-corrected chi connectivity index (χ3v) is 8.26. The van der Waals surface area contributed by atoms with Gasteiger partial charge in [-0.3, -0.25) is 0 Å². The maximum Gasteiger partial charge on any atom is 1.00 e. The first kappa shape index (κ1) is 23.8. The van der Waals surface area contributed by atoms with Crippen molar-refractivity contribution in [2.75, 3.05) is 0 Å². The van der Waals surface area contributed by atoms with Gasteiger partial charge in [0.15, 0.2) is 0 Å². The molecule has 34 heavy (non-hydrogen) atoms. The minimum Gasteiger partial charge on any atom is -0.545 e. The zero-order valence-corrected chi connectivity index (χ0v) is 22.4. The third-order valence-electron chi connectivity index (χ3n) is 6.96. The molecular formula is C27H24NNaO4S. The van der Waals surface area contributed by atoms with Crippen molar-refractivity contribution in [1.82, 2.24) is 4.98 Å². The molecular weight excluding hydrogens is 457 g/mol. The smallest absolute Gasteiger partial charge is 0.545 e. The number of pyridine rings is 1. The van der Waals surface area contributed by atoms with Crippen molar-refractivity contribution in [3.05, 3.63) is 59.2 Å². The SMILES string of the molecule is Cc1c(-c2cc(C(=O)[O-])c3c(OC4C[C@H]5CC[C@@H](C4)O5)ccc(C)c3n2)sc2ccccc12.[Na+]. The van der Waals surface area contributed by atoms with E-state index in [4.69, 9.17) is 14.5 Å². The predicted octanol–water partition coefficient (Wildman–Crippen LogP) is 2.19. The van der Waals surface area contributed by atoms with E-state index >= 15 is 0 Å². The van der Waals surface area contributed by atoms with Gasteiger partial charge in [0.25, 0.3) is 0 Å². The first-order valence-corrected chi connectivity index (χ1v) is 12.3. The number of hydrogen-bond donors (Lipinski definition) is 0. The Kier molecular flexibility index (Phi) is 6.46. The zero-order valence-electron chi connectivity index (χ0n) is 19.6. The summed E-state index contributed by atoms with van der Waals surface area (Å²) in [6.07, 6.45) is 4.31. The Morgan fingerprint density at radius 3 is 2.56 bits per heavy atom. The number of benzene rings is 2. The molecule has 0 saturated carbocycles. The maximum atomic E-state index is 12.3. The Morgan fingerprint density at radius 1 is 1.12 bits per heavy atom. The molecule has 3 atom stereocenters. The molecule has 1 unspecified atom stereocenters. The van der Waals surface area contributed by atoms with Crippen LogP contribution < -0.4 is 39.4 Å². The first-order chi connectivity index (χ1) is 16.0. The van der Waals surface area contributed by atoms with Gasteiger partial charge in [-0.1, -0.05) is 24.3 Å². The topological polar surface area (TPSA) is 71.5 Å². The fourth-order valence-corrected chi connectivity index (χ4v) is 6.49. The minimum absolute atomic E-state index is 0. The van der Waals surface area contributed by atoms with Gasteiger partial charge in [-0.2, -0.15) is 0 Å². The molecule has 6 rings (SSSR count). The van der Waals surface area contributed by atoms with Crippen LogP contribution in [0.2, 0.25) is 0 Å². The Balaban J connectivity index is 0.00000241. The van der Waals surface area contributed by atoms with Gasteiger partial charge in [-0.25, -0.2) is 4.98 Å². The van der Waals surface area contributed by atoms with Crippen molar-refractivity contribution in [3.63, 3.8) is 0 Å². The van der Waals surface area contributed by atoms with Gasteiger partial charge in [-0.15, -0.1) is 11.3 Å². The standard InChI is InChI=1S/C27H25NO4S.Na/c1-14-7-10-22(32-18-11-16-8-9-17(12-18)31-16)24-20(27(29)30)13-21(28-25(14)24)26-15(2)19-5-3-4-6-23(19)33-26;/h3-7,10,13,16-18H,8-9,11-12H2,1-2H3,(H,29,30);/q;+1/p-1/t16-,17+,18?;.